The summed E-state index contributed by atoms with van der Waals surface area (Å²) in [6.07, 6.45) is 0.809. The van der Waals surface area contributed by atoms with Crippen molar-refractivity contribution in [3.8, 4) is 11.9 Å². The van der Waals surface area contributed by atoms with Crippen LogP contribution in [0.3, 0.4) is 0 Å². The second-order valence-electron chi connectivity index (χ2n) is 4.05. The van der Waals surface area contributed by atoms with Crippen molar-refractivity contribution < 1.29 is 13.2 Å². The molecule has 0 aliphatic carbocycles. The van der Waals surface area contributed by atoms with Gasteiger partial charge in [0.1, 0.15) is 0 Å². The highest BCUT2D eigenvalue weighted by Gasteiger charge is 2.32. The van der Waals surface area contributed by atoms with Crippen LogP contribution in [0, 0.1) is 11.5 Å². The van der Waals surface area contributed by atoms with Gasteiger partial charge in [-0.15, -0.1) is 0 Å². The topological polar surface area (TPSA) is 66.0 Å². The summed E-state index contributed by atoms with van der Waals surface area (Å²) in [6.45, 7) is 0. The van der Waals surface area contributed by atoms with Crippen LogP contribution in [-0.2, 0) is 6.18 Å². The summed E-state index contributed by atoms with van der Waals surface area (Å²) in [5.41, 5.74) is 0.241. The van der Waals surface area contributed by atoms with Crippen molar-refractivity contribution in [2.45, 2.75) is 6.18 Å². The quantitative estimate of drug-likeness (QED) is 0.398. The Balaban J connectivity index is 2.22. The minimum Gasteiger partial charge on any atom is -0.271 e. The highest BCUT2D eigenvalue weighted by atomic mass is 32.2. The largest absolute Gasteiger partial charge is 0.419 e. The maximum atomic E-state index is 12.5. The van der Waals surface area contributed by atoms with Crippen molar-refractivity contribution in [1.82, 2.24) is 15.1 Å². The highest BCUT2D eigenvalue weighted by molar-refractivity contribution is 8.13. The number of thioether (sulfide) groups is 1. The number of hydrogen-bond acceptors (Lipinski definition) is 4. The number of alkyl halides is 3. The minimum atomic E-state index is -4.42. The maximum Gasteiger partial charge on any atom is 0.419 e. The van der Waals surface area contributed by atoms with E-state index in [2.05, 4.69) is 15.4 Å². The minimum absolute atomic E-state index is 0.425. The average Bonchev–Trinajstić information content (AvgIpc) is 2.97. The van der Waals surface area contributed by atoms with Gasteiger partial charge >= 0.3 is 6.18 Å². The normalized spacial score (nSPS) is 12.0. The van der Waals surface area contributed by atoms with E-state index in [1.165, 1.54) is 11.8 Å². The number of nitrogens with one attached hydrogen (secondary N) is 1. The lowest BCUT2D eigenvalue weighted by Crippen LogP contribution is -2.12. The molecule has 1 aromatic carbocycles. The van der Waals surface area contributed by atoms with Gasteiger partial charge in [-0.1, -0.05) is 11.8 Å². The number of benzene rings is 1. The molecule has 5 nitrogen and oxygen atoms in total. The van der Waals surface area contributed by atoms with E-state index in [4.69, 9.17) is 5.26 Å². The molecule has 0 aliphatic rings. The van der Waals surface area contributed by atoms with Crippen molar-refractivity contribution in [2.75, 3.05) is 6.26 Å². The van der Waals surface area contributed by atoms with E-state index in [9.17, 15) is 13.2 Å². The molecule has 1 N–H and O–H groups in total. The summed E-state index contributed by atoms with van der Waals surface area (Å²) in [6, 6.07) is 6.44. The Hall–Kier alpha value is -2.47. The van der Waals surface area contributed by atoms with Crippen LogP contribution < -0.4 is 5.32 Å². The zero-order valence-corrected chi connectivity index (χ0v) is 12.1. The average molecular weight is 325 g/mol. The molecule has 0 amide bonds. The summed E-state index contributed by atoms with van der Waals surface area (Å²) in [5.74, 6) is 0. The lowest BCUT2D eigenvalue weighted by Gasteiger charge is -2.04. The fourth-order valence-corrected chi connectivity index (χ4v) is 1.92. The van der Waals surface area contributed by atoms with E-state index in [0.717, 1.165) is 17.1 Å². The summed E-state index contributed by atoms with van der Waals surface area (Å²) in [7, 11) is 0. The van der Waals surface area contributed by atoms with Gasteiger partial charge in [0.2, 0.25) is 0 Å². The van der Waals surface area contributed by atoms with E-state index in [0.29, 0.717) is 16.5 Å². The molecular weight excluding hydrogens is 315 g/mol. The van der Waals surface area contributed by atoms with Crippen LogP contribution in [-0.4, -0.2) is 21.2 Å². The third-order valence-electron chi connectivity index (χ3n) is 2.61. The first kappa shape index (κ1) is 15.9. The van der Waals surface area contributed by atoms with E-state index >= 15 is 0 Å². The maximum absolute atomic E-state index is 12.5. The fraction of sp³-hybridized carbons (Fsp3) is 0.154. The molecular formula is C13H10F3N5S. The first-order chi connectivity index (χ1) is 10.4. The Morgan fingerprint density at radius 3 is 2.55 bits per heavy atom. The second kappa shape index (κ2) is 6.53. The van der Waals surface area contributed by atoms with Crippen molar-refractivity contribution in [3.05, 3.63) is 42.2 Å². The van der Waals surface area contributed by atoms with Gasteiger partial charge in [0.25, 0.3) is 0 Å². The van der Waals surface area contributed by atoms with Gasteiger partial charge in [-0.25, -0.2) is 9.67 Å². The monoisotopic (exact) mass is 325 g/mol. The SMILES string of the molecule is CSC(=Nc1ccc(-n2cc(C(F)(F)F)cn2)cc1)NC#N. The van der Waals surface area contributed by atoms with Crippen molar-refractivity contribution >= 4 is 22.6 Å². The number of nitrogens with zero attached hydrogens (tertiary/aromatic N) is 4. The van der Waals surface area contributed by atoms with Gasteiger partial charge in [0, 0.05) is 6.20 Å². The highest BCUT2D eigenvalue weighted by Crippen LogP contribution is 2.29. The standard InChI is InChI=1S/C13H10F3N5S/c1-22-12(18-8-17)20-10-2-4-11(5-3-10)21-7-9(6-19-21)13(14,15)16/h2-7H,1H3,(H,18,20). The Morgan fingerprint density at radius 1 is 1.36 bits per heavy atom. The van der Waals surface area contributed by atoms with Crippen LogP contribution in [0.25, 0.3) is 5.69 Å². The second-order valence-corrected chi connectivity index (χ2v) is 4.84. The number of amidine groups is 1. The summed E-state index contributed by atoms with van der Waals surface area (Å²) >= 11 is 1.27. The van der Waals surface area contributed by atoms with Crippen molar-refractivity contribution in [1.29, 1.82) is 5.26 Å². The summed E-state index contributed by atoms with van der Waals surface area (Å²) < 4.78 is 38.7. The molecule has 9 heteroatoms. The molecule has 0 atom stereocenters. The number of aromatic nitrogens is 2. The van der Waals surface area contributed by atoms with Gasteiger partial charge in [0.05, 0.1) is 23.1 Å². The van der Waals surface area contributed by atoms with Crippen LogP contribution in [0.1, 0.15) is 5.56 Å². The number of aliphatic imine (C=N–C) groups is 1. The van der Waals surface area contributed by atoms with Crippen molar-refractivity contribution in [2.24, 2.45) is 4.99 Å². The van der Waals surface area contributed by atoms with Crippen LogP contribution >= 0.6 is 11.8 Å². The lowest BCUT2D eigenvalue weighted by atomic mass is 10.3. The predicted octanol–water partition coefficient (Wildman–Crippen LogP) is 3.31. The number of halogens is 3. The van der Waals surface area contributed by atoms with Crippen LogP contribution in [0.5, 0.6) is 0 Å². The molecule has 1 heterocycles. The molecule has 0 radical (unpaired) electrons. The van der Waals surface area contributed by atoms with Gasteiger partial charge in [-0.05, 0) is 30.5 Å². The summed E-state index contributed by atoms with van der Waals surface area (Å²) in [5, 5.41) is 15.1. The Labute approximate surface area is 128 Å². The molecule has 0 saturated heterocycles. The zero-order chi connectivity index (χ0) is 16.2. The Kier molecular flexibility index (Phi) is 4.72. The Morgan fingerprint density at radius 2 is 2.05 bits per heavy atom. The van der Waals surface area contributed by atoms with E-state index < -0.39 is 11.7 Å². The molecule has 0 fully saturated rings. The van der Waals surface area contributed by atoms with Gasteiger partial charge < -0.3 is 0 Å². The van der Waals surface area contributed by atoms with E-state index in [-0.39, 0.29) is 0 Å². The molecule has 0 bridgehead atoms. The summed E-state index contributed by atoms with van der Waals surface area (Å²) in [4.78, 5) is 4.18. The van der Waals surface area contributed by atoms with Crippen LogP contribution in [0.15, 0.2) is 41.7 Å². The smallest absolute Gasteiger partial charge is 0.271 e. The van der Waals surface area contributed by atoms with E-state index in [1.54, 1.807) is 36.7 Å². The first-order valence-electron chi connectivity index (χ1n) is 5.94. The first-order valence-corrected chi connectivity index (χ1v) is 7.16. The zero-order valence-electron chi connectivity index (χ0n) is 11.3. The molecule has 1 aromatic heterocycles. The van der Waals surface area contributed by atoms with E-state index in [1.807, 2.05) is 0 Å². The predicted molar refractivity (Wildman–Crippen MR) is 77.9 cm³/mol. The molecule has 114 valence electrons. The number of rotatable bonds is 2. The molecule has 2 aromatic rings. The molecule has 22 heavy (non-hydrogen) atoms. The lowest BCUT2D eigenvalue weighted by molar-refractivity contribution is -0.137. The van der Waals surface area contributed by atoms with Crippen molar-refractivity contribution in [3.63, 3.8) is 0 Å². The van der Waals surface area contributed by atoms with Gasteiger partial charge in [-0.2, -0.15) is 23.5 Å². The van der Waals surface area contributed by atoms with Gasteiger partial charge in [0.15, 0.2) is 11.4 Å². The third-order valence-corrected chi connectivity index (χ3v) is 3.19. The third kappa shape index (κ3) is 3.79. The molecule has 0 unspecified atom stereocenters. The Bertz CT molecular complexity index is 713. The molecule has 2 rings (SSSR count). The van der Waals surface area contributed by atoms with Crippen LogP contribution in [0.4, 0.5) is 18.9 Å². The number of hydrogen-bond donors (Lipinski definition) is 1. The van der Waals surface area contributed by atoms with Crippen LogP contribution in [0.2, 0.25) is 0 Å². The molecule has 0 aliphatic heterocycles. The number of nitriles is 1. The molecule has 0 saturated carbocycles. The molecule has 0 spiro atoms. The van der Waals surface area contributed by atoms with Gasteiger partial charge in [-0.3, -0.25) is 5.32 Å². The fourth-order valence-electron chi connectivity index (χ4n) is 1.58.